The molecule has 1 aliphatic heterocycles. The smallest absolute Gasteiger partial charge is 0.222 e. The maximum atomic E-state index is 11.8. The Morgan fingerprint density at radius 1 is 1.33 bits per heavy atom. The van der Waals surface area contributed by atoms with Gasteiger partial charge in [0, 0.05) is 44.2 Å². The molecular weight excluding hydrogens is 417 g/mol. The molecule has 24 heavy (non-hydrogen) atoms. The highest BCUT2D eigenvalue weighted by Gasteiger charge is 2.29. The Morgan fingerprint density at radius 3 is 2.62 bits per heavy atom. The highest BCUT2D eigenvalue weighted by molar-refractivity contribution is 14.0. The third-order valence-corrected chi connectivity index (χ3v) is 4.86. The van der Waals surface area contributed by atoms with Crippen LogP contribution in [0, 0.1) is 0 Å². The average molecular weight is 451 g/mol. The van der Waals surface area contributed by atoms with Gasteiger partial charge in [0.05, 0.1) is 6.54 Å². The number of rotatable bonds is 7. The quantitative estimate of drug-likeness (QED) is 0.351. The van der Waals surface area contributed by atoms with Gasteiger partial charge in [-0.25, -0.2) is 0 Å². The second-order valence-electron chi connectivity index (χ2n) is 6.79. The van der Waals surface area contributed by atoms with Crippen molar-refractivity contribution in [3.05, 3.63) is 0 Å². The Labute approximate surface area is 163 Å². The minimum absolute atomic E-state index is 0. The molecule has 1 saturated heterocycles. The number of likely N-dealkylation sites (N-methyl/N-ethyl adjacent to an activating group) is 1. The second-order valence-corrected chi connectivity index (χ2v) is 6.79. The van der Waals surface area contributed by atoms with Crippen LogP contribution in [0.15, 0.2) is 4.99 Å². The van der Waals surface area contributed by atoms with Gasteiger partial charge in [0.15, 0.2) is 5.96 Å². The molecule has 0 bridgehead atoms. The Bertz CT molecular complexity index is 427. The van der Waals surface area contributed by atoms with E-state index in [-0.39, 0.29) is 29.9 Å². The first-order valence-electron chi connectivity index (χ1n) is 9.09. The van der Waals surface area contributed by atoms with Crippen LogP contribution in [0.4, 0.5) is 0 Å². The van der Waals surface area contributed by atoms with E-state index in [0.717, 1.165) is 44.6 Å². The normalized spacial score (nSPS) is 22.3. The summed E-state index contributed by atoms with van der Waals surface area (Å²) in [5.74, 6) is 1.12. The lowest BCUT2D eigenvalue weighted by Crippen LogP contribution is -2.45. The second kappa shape index (κ2) is 10.4. The number of aliphatic imine (C=N–C) groups is 1. The van der Waals surface area contributed by atoms with Crippen LogP contribution in [0.1, 0.15) is 46.5 Å². The molecule has 0 radical (unpaired) electrons. The van der Waals surface area contributed by atoms with Crippen molar-refractivity contribution in [1.29, 1.82) is 0 Å². The number of guanidine groups is 1. The molecule has 1 amide bonds. The molecule has 2 atom stereocenters. The highest BCUT2D eigenvalue weighted by Crippen LogP contribution is 2.26. The third-order valence-electron chi connectivity index (χ3n) is 4.86. The average Bonchev–Trinajstić information content (AvgIpc) is 3.30. The van der Waals surface area contributed by atoms with Crippen LogP contribution in [0.25, 0.3) is 0 Å². The van der Waals surface area contributed by atoms with E-state index in [1.165, 1.54) is 12.8 Å². The monoisotopic (exact) mass is 451 g/mol. The molecule has 0 aromatic heterocycles. The molecule has 1 aliphatic carbocycles. The summed E-state index contributed by atoms with van der Waals surface area (Å²) >= 11 is 0. The Morgan fingerprint density at radius 2 is 2.04 bits per heavy atom. The van der Waals surface area contributed by atoms with Gasteiger partial charge in [-0.05, 0) is 40.2 Å². The van der Waals surface area contributed by atoms with E-state index in [1.807, 2.05) is 11.8 Å². The molecule has 2 unspecified atom stereocenters. The molecule has 0 spiro atoms. The first-order chi connectivity index (χ1) is 11.0. The van der Waals surface area contributed by atoms with E-state index in [0.29, 0.717) is 18.5 Å². The van der Waals surface area contributed by atoms with Crippen LogP contribution in [-0.2, 0) is 4.79 Å². The van der Waals surface area contributed by atoms with Gasteiger partial charge in [0.1, 0.15) is 0 Å². The minimum Gasteiger partial charge on any atom is -0.357 e. The first-order valence-corrected chi connectivity index (χ1v) is 9.09. The predicted molar refractivity (Wildman–Crippen MR) is 110 cm³/mol. The summed E-state index contributed by atoms with van der Waals surface area (Å²) in [7, 11) is 2.20. The molecule has 1 heterocycles. The van der Waals surface area contributed by atoms with E-state index in [4.69, 9.17) is 4.99 Å². The zero-order chi connectivity index (χ0) is 16.8. The number of amides is 1. The molecule has 2 rings (SSSR count). The van der Waals surface area contributed by atoms with Gasteiger partial charge in [-0.15, -0.1) is 24.0 Å². The van der Waals surface area contributed by atoms with Crippen molar-refractivity contribution in [3.8, 4) is 0 Å². The molecule has 140 valence electrons. The van der Waals surface area contributed by atoms with Crippen LogP contribution in [-0.4, -0.2) is 73.0 Å². The summed E-state index contributed by atoms with van der Waals surface area (Å²) < 4.78 is 0. The van der Waals surface area contributed by atoms with Crippen molar-refractivity contribution in [3.63, 3.8) is 0 Å². The van der Waals surface area contributed by atoms with E-state index >= 15 is 0 Å². The van der Waals surface area contributed by atoms with Crippen LogP contribution >= 0.6 is 24.0 Å². The summed E-state index contributed by atoms with van der Waals surface area (Å²) in [5.41, 5.74) is 0. The number of likely N-dealkylation sites (tertiary alicyclic amines) is 1. The molecule has 2 aliphatic rings. The SMILES string of the molecule is CCNC(=NCC(C)N(C)C1CC1)NC1CCN(C(=O)CC)C1.I. The van der Waals surface area contributed by atoms with Gasteiger partial charge < -0.3 is 15.5 Å². The lowest BCUT2D eigenvalue weighted by molar-refractivity contribution is -0.129. The number of carbonyl (C=O) groups is 1. The summed E-state index contributed by atoms with van der Waals surface area (Å²) in [6.07, 6.45) is 4.23. The zero-order valence-electron chi connectivity index (χ0n) is 15.5. The summed E-state index contributed by atoms with van der Waals surface area (Å²) in [6, 6.07) is 1.53. The largest absolute Gasteiger partial charge is 0.357 e. The summed E-state index contributed by atoms with van der Waals surface area (Å²) in [5, 5.41) is 6.82. The maximum Gasteiger partial charge on any atom is 0.222 e. The van der Waals surface area contributed by atoms with Gasteiger partial charge in [0.2, 0.25) is 5.91 Å². The zero-order valence-corrected chi connectivity index (χ0v) is 17.9. The van der Waals surface area contributed by atoms with Crippen LogP contribution in [0.5, 0.6) is 0 Å². The number of nitrogens with zero attached hydrogens (tertiary/aromatic N) is 3. The standard InChI is InChI=1S/C17H33N5O.HI/c1-5-16(23)22-10-9-14(12-22)20-17(18-6-2)19-11-13(3)21(4)15-7-8-15;/h13-15H,5-12H2,1-4H3,(H2,18,19,20);1H. The van der Waals surface area contributed by atoms with E-state index < -0.39 is 0 Å². The highest BCUT2D eigenvalue weighted by atomic mass is 127. The fraction of sp³-hybridized carbons (Fsp3) is 0.882. The molecule has 0 aromatic rings. The van der Waals surface area contributed by atoms with Crippen LogP contribution in [0.2, 0.25) is 0 Å². The van der Waals surface area contributed by atoms with Crippen LogP contribution in [0.3, 0.4) is 0 Å². The fourth-order valence-corrected chi connectivity index (χ4v) is 3.04. The van der Waals surface area contributed by atoms with Gasteiger partial charge in [-0.2, -0.15) is 0 Å². The van der Waals surface area contributed by atoms with Crippen molar-refractivity contribution in [1.82, 2.24) is 20.4 Å². The van der Waals surface area contributed by atoms with Gasteiger partial charge in [0.25, 0.3) is 0 Å². The van der Waals surface area contributed by atoms with E-state index in [1.54, 1.807) is 0 Å². The molecular formula is C17H34IN5O. The maximum absolute atomic E-state index is 11.8. The minimum atomic E-state index is 0. The Hall–Kier alpha value is -0.570. The lowest BCUT2D eigenvalue weighted by atomic mass is 10.2. The first kappa shape index (κ1) is 21.5. The summed E-state index contributed by atoms with van der Waals surface area (Å²) in [4.78, 5) is 20.9. The van der Waals surface area contributed by atoms with Crippen molar-refractivity contribution < 1.29 is 4.79 Å². The number of hydrogen-bond acceptors (Lipinski definition) is 3. The topological polar surface area (TPSA) is 60.0 Å². The van der Waals surface area contributed by atoms with Crippen molar-refractivity contribution >= 4 is 35.8 Å². The molecule has 7 heteroatoms. The Balaban J connectivity index is 0.00000288. The summed E-state index contributed by atoms with van der Waals surface area (Å²) in [6.45, 7) is 9.53. The number of nitrogens with one attached hydrogen (secondary N) is 2. The molecule has 1 saturated carbocycles. The van der Waals surface area contributed by atoms with Crippen molar-refractivity contribution in [2.24, 2.45) is 4.99 Å². The fourth-order valence-electron chi connectivity index (χ4n) is 3.04. The molecule has 0 aromatic carbocycles. The Kier molecular flexibility index (Phi) is 9.33. The predicted octanol–water partition coefficient (Wildman–Crippen LogP) is 1.65. The molecule has 2 N–H and O–H groups in total. The number of halogens is 1. The van der Waals surface area contributed by atoms with Crippen molar-refractivity contribution in [2.75, 3.05) is 33.2 Å². The van der Waals surface area contributed by atoms with Gasteiger partial charge in [-0.3, -0.25) is 14.7 Å². The van der Waals surface area contributed by atoms with Gasteiger partial charge >= 0.3 is 0 Å². The van der Waals surface area contributed by atoms with Crippen molar-refractivity contribution in [2.45, 2.75) is 64.6 Å². The molecule has 2 fully saturated rings. The van der Waals surface area contributed by atoms with Crippen LogP contribution < -0.4 is 10.6 Å². The number of hydrogen-bond donors (Lipinski definition) is 2. The third kappa shape index (κ3) is 6.38. The number of carbonyl (C=O) groups excluding carboxylic acids is 1. The van der Waals surface area contributed by atoms with Gasteiger partial charge in [-0.1, -0.05) is 6.92 Å². The molecule has 6 nitrogen and oxygen atoms in total. The van der Waals surface area contributed by atoms with E-state index in [9.17, 15) is 4.79 Å². The van der Waals surface area contributed by atoms with E-state index in [2.05, 4.69) is 36.4 Å². The lowest BCUT2D eigenvalue weighted by Gasteiger charge is -2.24.